The molecule has 1 atom stereocenters. The van der Waals surface area contributed by atoms with Gasteiger partial charge in [-0.2, -0.15) is 0 Å². The van der Waals surface area contributed by atoms with Gasteiger partial charge in [0.2, 0.25) is 0 Å². The molecule has 0 aromatic carbocycles. The van der Waals surface area contributed by atoms with Crippen LogP contribution in [-0.2, 0) is 21.3 Å². The lowest BCUT2D eigenvalue weighted by Gasteiger charge is -2.13. The second-order valence-electron chi connectivity index (χ2n) is 4.34. The van der Waals surface area contributed by atoms with Crippen molar-refractivity contribution in [3.8, 4) is 0 Å². The Bertz CT molecular complexity index is 473. The Morgan fingerprint density at radius 2 is 2.16 bits per heavy atom. The number of nitrogens with one attached hydrogen (secondary N) is 2. The topological polar surface area (TPSA) is 80.3 Å². The van der Waals surface area contributed by atoms with Gasteiger partial charge in [0.05, 0.1) is 0 Å². The maximum absolute atomic E-state index is 12.0. The maximum Gasteiger partial charge on any atom is 0.258 e. The molecule has 0 saturated carbocycles. The Kier molecular flexibility index (Phi) is 6.36. The van der Waals surface area contributed by atoms with Crippen molar-refractivity contribution in [3.05, 3.63) is 23.9 Å². The first-order chi connectivity index (χ1) is 8.99. The van der Waals surface area contributed by atoms with Gasteiger partial charge in [0.25, 0.3) is 10.0 Å². The van der Waals surface area contributed by atoms with Crippen molar-refractivity contribution in [2.45, 2.75) is 31.0 Å². The summed E-state index contributed by atoms with van der Waals surface area (Å²) in [6.45, 7) is 2.97. The highest BCUT2D eigenvalue weighted by Crippen LogP contribution is 2.08. The zero-order chi connectivity index (χ0) is 14.3. The summed E-state index contributed by atoms with van der Waals surface area (Å²) in [6, 6.07) is 3.07. The fraction of sp³-hybridized carbons (Fsp3) is 0.583. The fourth-order valence-corrected chi connectivity index (χ4v) is 2.76. The van der Waals surface area contributed by atoms with Crippen molar-refractivity contribution >= 4 is 10.0 Å². The number of hydrogen-bond acceptors (Lipinski definition) is 5. The van der Waals surface area contributed by atoms with Gasteiger partial charge in [0.15, 0.2) is 5.03 Å². The molecule has 0 fully saturated rings. The molecule has 0 spiro atoms. The third-order valence-electron chi connectivity index (χ3n) is 2.57. The zero-order valence-corrected chi connectivity index (χ0v) is 12.3. The number of methoxy groups -OCH3 is 1. The predicted molar refractivity (Wildman–Crippen MR) is 73.3 cm³/mol. The minimum Gasteiger partial charge on any atom is -0.385 e. The first-order valence-electron chi connectivity index (χ1n) is 6.10. The summed E-state index contributed by atoms with van der Waals surface area (Å²) >= 11 is 0. The number of aromatic nitrogens is 1. The van der Waals surface area contributed by atoms with Crippen LogP contribution in [0.15, 0.2) is 23.4 Å². The molecule has 1 aromatic rings. The van der Waals surface area contributed by atoms with Crippen LogP contribution in [0.2, 0.25) is 0 Å². The average molecular weight is 287 g/mol. The standard InChI is InChI=1S/C12H21N3O3S/c1-10(6-7-18-3)15-19(16,17)12-5-4-11(8-13-2)9-14-12/h4-5,9-10,13,15H,6-8H2,1-3H3. The maximum atomic E-state index is 12.0. The molecule has 108 valence electrons. The van der Waals surface area contributed by atoms with Gasteiger partial charge >= 0.3 is 0 Å². The Hall–Kier alpha value is -1.02. The lowest BCUT2D eigenvalue weighted by Crippen LogP contribution is -2.33. The number of ether oxygens (including phenoxy) is 1. The zero-order valence-electron chi connectivity index (χ0n) is 11.5. The molecule has 1 unspecified atom stereocenters. The monoisotopic (exact) mass is 287 g/mol. The SMILES string of the molecule is CNCc1ccc(S(=O)(=O)NC(C)CCOC)nc1. The van der Waals surface area contributed by atoms with Gasteiger partial charge in [-0.15, -0.1) is 0 Å². The number of nitrogens with zero attached hydrogens (tertiary/aromatic N) is 1. The van der Waals surface area contributed by atoms with E-state index >= 15 is 0 Å². The van der Waals surface area contributed by atoms with E-state index in [4.69, 9.17) is 4.74 Å². The fourth-order valence-electron chi connectivity index (χ4n) is 1.56. The van der Waals surface area contributed by atoms with E-state index in [-0.39, 0.29) is 11.1 Å². The molecule has 0 aliphatic carbocycles. The first kappa shape index (κ1) is 16.0. The molecule has 2 N–H and O–H groups in total. The molecule has 1 rings (SSSR count). The molecule has 1 heterocycles. The minimum atomic E-state index is -3.56. The highest BCUT2D eigenvalue weighted by molar-refractivity contribution is 7.89. The lowest BCUT2D eigenvalue weighted by atomic mass is 10.3. The number of sulfonamides is 1. The Balaban J connectivity index is 2.71. The smallest absolute Gasteiger partial charge is 0.258 e. The molecule has 0 aliphatic rings. The molecule has 19 heavy (non-hydrogen) atoms. The summed E-state index contributed by atoms with van der Waals surface area (Å²) in [5, 5.41) is 3.02. The van der Waals surface area contributed by atoms with Crippen molar-refractivity contribution in [2.75, 3.05) is 20.8 Å². The molecule has 0 bridgehead atoms. The molecule has 0 saturated heterocycles. The number of hydrogen-bond donors (Lipinski definition) is 2. The summed E-state index contributed by atoms with van der Waals surface area (Å²) in [4.78, 5) is 3.98. The van der Waals surface area contributed by atoms with E-state index in [0.29, 0.717) is 19.6 Å². The first-order valence-corrected chi connectivity index (χ1v) is 7.58. The van der Waals surface area contributed by atoms with Crippen LogP contribution in [0, 0.1) is 0 Å². The van der Waals surface area contributed by atoms with Gasteiger partial charge in [-0.3, -0.25) is 0 Å². The van der Waals surface area contributed by atoms with Gasteiger partial charge in [0, 0.05) is 32.5 Å². The van der Waals surface area contributed by atoms with Crippen LogP contribution >= 0.6 is 0 Å². The summed E-state index contributed by atoms with van der Waals surface area (Å²) in [5.74, 6) is 0. The largest absolute Gasteiger partial charge is 0.385 e. The summed E-state index contributed by atoms with van der Waals surface area (Å²) in [5.41, 5.74) is 0.939. The van der Waals surface area contributed by atoms with Crippen LogP contribution in [0.4, 0.5) is 0 Å². The summed E-state index contributed by atoms with van der Waals surface area (Å²) < 4.78 is 31.6. The van der Waals surface area contributed by atoms with E-state index in [9.17, 15) is 8.42 Å². The molecule has 0 radical (unpaired) electrons. The third-order valence-corrected chi connectivity index (χ3v) is 4.07. The Morgan fingerprint density at radius 3 is 2.68 bits per heavy atom. The minimum absolute atomic E-state index is 0.0385. The van der Waals surface area contributed by atoms with Gasteiger partial charge in [0.1, 0.15) is 0 Å². The van der Waals surface area contributed by atoms with Crippen molar-refractivity contribution in [3.63, 3.8) is 0 Å². The molecule has 0 amide bonds. The van der Waals surface area contributed by atoms with Crippen molar-refractivity contribution in [1.82, 2.24) is 15.0 Å². The number of rotatable bonds is 8. The van der Waals surface area contributed by atoms with E-state index in [2.05, 4.69) is 15.0 Å². The van der Waals surface area contributed by atoms with Crippen LogP contribution in [0.5, 0.6) is 0 Å². The molecular formula is C12H21N3O3S. The lowest BCUT2D eigenvalue weighted by molar-refractivity contribution is 0.188. The normalized spacial score (nSPS) is 13.4. The van der Waals surface area contributed by atoms with E-state index in [1.54, 1.807) is 26.3 Å². The summed E-state index contributed by atoms with van der Waals surface area (Å²) in [6.07, 6.45) is 2.18. The molecule has 7 heteroatoms. The predicted octanol–water partition coefficient (Wildman–Crippen LogP) is 0.504. The van der Waals surface area contributed by atoms with Crippen LogP contribution in [0.25, 0.3) is 0 Å². The van der Waals surface area contributed by atoms with E-state index in [0.717, 1.165) is 5.56 Å². The van der Waals surface area contributed by atoms with E-state index < -0.39 is 10.0 Å². The van der Waals surface area contributed by atoms with Gasteiger partial charge < -0.3 is 10.1 Å². The third kappa shape index (κ3) is 5.23. The second kappa shape index (κ2) is 7.54. The quantitative estimate of drug-likeness (QED) is 0.728. The Morgan fingerprint density at radius 1 is 1.42 bits per heavy atom. The summed E-state index contributed by atoms with van der Waals surface area (Å²) in [7, 11) is -0.149. The van der Waals surface area contributed by atoms with E-state index in [1.807, 2.05) is 7.05 Å². The molecule has 0 aliphatic heterocycles. The van der Waals surface area contributed by atoms with E-state index in [1.165, 1.54) is 6.07 Å². The molecule has 6 nitrogen and oxygen atoms in total. The van der Waals surface area contributed by atoms with Crippen molar-refractivity contribution in [2.24, 2.45) is 0 Å². The van der Waals surface area contributed by atoms with Crippen LogP contribution in [0.1, 0.15) is 18.9 Å². The second-order valence-corrected chi connectivity index (χ2v) is 6.00. The van der Waals surface area contributed by atoms with Crippen LogP contribution in [-0.4, -0.2) is 40.2 Å². The average Bonchev–Trinajstić information content (AvgIpc) is 2.37. The van der Waals surface area contributed by atoms with Crippen LogP contribution < -0.4 is 10.0 Å². The Labute approximate surface area is 114 Å². The van der Waals surface area contributed by atoms with Crippen molar-refractivity contribution in [1.29, 1.82) is 0 Å². The highest BCUT2D eigenvalue weighted by Gasteiger charge is 2.18. The van der Waals surface area contributed by atoms with Gasteiger partial charge in [-0.1, -0.05) is 6.07 Å². The highest BCUT2D eigenvalue weighted by atomic mass is 32.2. The molecular weight excluding hydrogens is 266 g/mol. The molecule has 1 aromatic heterocycles. The number of pyridine rings is 1. The van der Waals surface area contributed by atoms with Crippen LogP contribution in [0.3, 0.4) is 0 Å². The van der Waals surface area contributed by atoms with Gasteiger partial charge in [-0.25, -0.2) is 18.1 Å². The van der Waals surface area contributed by atoms with Crippen molar-refractivity contribution < 1.29 is 13.2 Å². The van der Waals surface area contributed by atoms with Gasteiger partial charge in [-0.05, 0) is 32.0 Å².